The predicted octanol–water partition coefficient (Wildman–Crippen LogP) is 2.55. The molecule has 0 spiro atoms. The maximum absolute atomic E-state index is 12.0. The Morgan fingerprint density at radius 1 is 1.50 bits per heavy atom. The molecule has 1 aromatic heterocycles. The zero-order chi connectivity index (χ0) is 12.5. The van der Waals surface area contributed by atoms with Gasteiger partial charge in [-0.05, 0) is 17.7 Å². The molecule has 0 N–H and O–H groups in total. The van der Waals surface area contributed by atoms with E-state index in [2.05, 4.69) is 8.75 Å². The fraction of sp³-hybridized carbons (Fsp3) is 0.250. The normalized spacial score (nSPS) is 13.2. The summed E-state index contributed by atoms with van der Waals surface area (Å²) < 4.78 is 13.3. The topological polar surface area (TPSA) is 52.1 Å². The summed E-state index contributed by atoms with van der Waals surface area (Å²) in [7, 11) is 0. The fourth-order valence-electron chi connectivity index (χ4n) is 2.03. The largest absolute Gasteiger partial charge is 0.493 e. The summed E-state index contributed by atoms with van der Waals surface area (Å²) in [4.78, 5) is 12.0. The van der Waals surface area contributed by atoms with Crippen LogP contribution in [0.1, 0.15) is 21.6 Å². The maximum Gasteiger partial charge on any atom is 0.188 e. The van der Waals surface area contributed by atoms with E-state index in [1.165, 1.54) is 6.20 Å². The zero-order valence-corrected chi connectivity index (χ0v) is 10.9. The van der Waals surface area contributed by atoms with Gasteiger partial charge in [0.1, 0.15) is 11.4 Å². The molecule has 0 bridgehead atoms. The first kappa shape index (κ1) is 11.6. The van der Waals surface area contributed by atoms with Crippen molar-refractivity contribution in [1.82, 2.24) is 8.75 Å². The second-order valence-corrected chi connectivity index (χ2v) is 5.04. The van der Waals surface area contributed by atoms with Crippen LogP contribution in [0.2, 0.25) is 5.02 Å². The van der Waals surface area contributed by atoms with Crippen molar-refractivity contribution in [2.75, 3.05) is 6.61 Å². The third kappa shape index (κ3) is 2.11. The molecule has 0 saturated heterocycles. The van der Waals surface area contributed by atoms with Crippen LogP contribution in [-0.2, 0) is 12.8 Å². The van der Waals surface area contributed by atoms with Crippen molar-refractivity contribution in [2.45, 2.75) is 12.8 Å². The smallest absolute Gasteiger partial charge is 0.188 e. The highest BCUT2D eigenvalue weighted by molar-refractivity contribution is 6.99. The van der Waals surface area contributed by atoms with Crippen molar-refractivity contribution in [1.29, 1.82) is 0 Å². The first-order valence-electron chi connectivity index (χ1n) is 5.49. The standard InChI is InChI=1S/C12H9ClN2O2S/c13-9-3-7-1-2-17-12(7)8(4-9)5-11(16)10-6-14-18-15-10/h3-4,6H,1-2,5H2. The molecule has 6 heteroatoms. The molecular weight excluding hydrogens is 272 g/mol. The highest BCUT2D eigenvalue weighted by atomic mass is 35.5. The molecule has 0 saturated carbocycles. The van der Waals surface area contributed by atoms with E-state index in [1.807, 2.05) is 6.07 Å². The van der Waals surface area contributed by atoms with E-state index in [4.69, 9.17) is 16.3 Å². The van der Waals surface area contributed by atoms with E-state index in [0.29, 0.717) is 17.3 Å². The molecule has 1 aliphatic heterocycles. The fourth-order valence-corrected chi connectivity index (χ4v) is 2.72. The van der Waals surface area contributed by atoms with Gasteiger partial charge in [-0.1, -0.05) is 11.6 Å². The number of hydrogen-bond acceptors (Lipinski definition) is 5. The van der Waals surface area contributed by atoms with Crippen LogP contribution < -0.4 is 4.74 Å². The molecule has 2 heterocycles. The van der Waals surface area contributed by atoms with Crippen molar-refractivity contribution in [3.63, 3.8) is 0 Å². The Kier molecular flexibility index (Phi) is 3.01. The van der Waals surface area contributed by atoms with Crippen molar-refractivity contribution in [3.8, 4) is 5.75 Å². The second-order valence-electron chi connectivity index (χ2n) is 4.04. The summed E-state index contributed by atoms with van der Waals surface area (Å²) in [5.41, 5.74) is 2.29. The molecular formula is C12H9ClN2O2S. The summed E-state index contributed by atoms with van der Waals surface area (Å²) in [6, 6.07) is 3.67. The summed E-state index contributed by atoms with van der Waals surface area (Å²) in [6.07, 6.45) is 2.57. The van der Waals surface area contributed by atoms with Crippen molar-refractivity contribution < 1.29 is 9.53 Å². The molecule has 1 aromatic carbocycles. The van der Waals surface area contributed by atoms with Gasteiger partial charge < -0.3 is 4.74 Å². The summed E-state index contributed by atoms with van der Waals surface area (Å²) >= 11 is 7.07. The number of rotatable bonds is 3. The molecule has 18 heavy (non-hydrogen) atoms. The molecule has 92 valence electrons. The number of nitrogens with zero attached hydrogens (tertiary/aromatic N) is 2. The molecule has 0 amide bonds. The number of carbonyl (C=O) groups is 1. The molecule has 3 rings (SSSR count). The third-order valence-electron chi connectivity index (χ3n) is 2.82. The maximum atomic E-state index is 12.0. The number of carbonyl (C=O) groups excluding carboxylic acids is 1. The molecule has 0 radical (unpaired) electrons. The van der Waals surface area contributed by atoms with Gasteiger partial charge in [-0.15, -0.1) is 0 Å². The summed E-state index contributed by atoms with van der Waals surface area (Å²) in [6.45, 7) is 0.648. The quantitative estimate of drug-likeness (QED) is 0.811. The number of ketones is 1. The lowest BCUT2D eigenvalue weighted by molar-refractivity contribution is 0.0988. The molecule has 2 aromatic rings. The Morgan fingerprint density at radius 2 is 2.39 bits per heavy atom. The highest BCUT2D eigenvalue weighted by Crippen LogP contribution is 2.33. The van der Waals surface area contributed by atoms with Crippen LogP contribution in [0.15, 0.2) is 18.3 Å². The average Bonchev–Trinajstić information content (AvgIpc) is 2.98. The number of ether oxygens (including phenoxy) is 1. The number of Topliss-reactive ketones (excluding diaryl/α,β-unsaturated/α-hetero) is 1. The Morgan fingerprint density at radius 3 is 3.17 bits per heavy atom. The van der Waals surface area contributed by atoms with E-state index in [0.717, 1.165) is 35.0 Å². The lowest BCUT2D eigenvalue weighted by Crippen LogP contribution is -2.05. The lowest BCUT2D eigenvalue weighted by atomic mass is 10.0. The minimum Gasteiger partial charge on any atom is -0.493 e. The number of benzene rings is 1. The van der Waals surface area contributed by atoms with E-state index < -0.39 is 0 Å². The molecule has 4 nitrogen and oxygen atoms in total. The monoisotopic (exact) mass is 280 g/mol. The van der Waals surface area contributed by atoms with Crippen LogP contribution >= 0.6 is 23.3 Å². The molecule has 0 unspecified atom stereocenters. The van der Waals surface area contributed by atoms with E-state index in [-0.39, 0.29) is 12.2 Å². The molecule has 0 atom stereocenters. The van der Waals surface area contributed by atoms with Crippen molar-refractivity contribution in [2.24, 2.45) is 0 Å². The number of aromatic nitrogens is 2. The van der Waals surface area contributed by atoms with Gasteiger partial charge in [-0.25, -0.2) is 0 Å². The van der Waals surface area contributed by atoms with Crippen LogP contribution in [0, 0.1) is 0 Å². The van der Waals surface area contributed by atoms with Crippen LogP contribution in [0.5, 0.6) is 5.75 Å². The average molecular weight is 281 g/mol. The van der Waals surface area contributed by atoms with Gasteiger partial charge in [0.15, 0.2) is 5.78 Å². The number of hydrogen-bond donors (Lipinski definition) is 0. The van der Waals surface area contributed by atoms with Gasteiger partial charge in [0.2, 0.25) is 0 Å². The minimum absolute atomic E-state index is 0.0660. The van der Waals surface area contributed by atoms with Gasteiger partial charge >= 0.3 is 0 Å². The van der Waals surface area contributed by atoms with E-state index in [9.17, 15) is 4.79 Å². The number of fused-ring (bicyclic) bond motifs is 1. The Balaban J connectivity index is 1.91. The van der Waals surface area contributed by atoms with Gasteiger partial charge in [-0.2, -0.15) is 8.75 Å². The Labute approximate surface area is 113 Å². The highest BCUT2D eigenvalue weighted by Gasteiger charge is 2.20. The van der Waals surface area contributed by atoms with Crippen molar-refractivity contribution >= 4 is 29.1 Å². The van der Waals surface area contributed by atoms with Crippen LogP contribution in [0.3, 0.4) is 0 Å². The van der Waals surface area contributed by atoms with E-state index in [1.54, 1.807) is 6.07 Å². The van der Waals surface area contributed by atoms with Crippen LogP contribution in [-0.4, -0.2) is 21.1 Å². The zero-order valence-electron chi connectivity index (χ0n) is 9.35. The lowest BCUT2D eigenvalue weighted by Gasteiger charge is -2.07. The third-order valence-corrected chi connectivity index (χ3v) is 3.52. The van der Waals surface area contributed by atoms with Crippen LogP contribution in [0.25, 0.3) is 0 Å². The van der Waals surface area contributed by atoms with Gasteiger partial charge in [0.05, 0.1) is 24.5 Å². The first-order valence-corrected chi connectivity index (χ1v) is 6.60. The minimum atomic E-state index is -0.0660. The second kappa shape index (κ2) is 4.66. The number of halogens is 1. The van der Waals surface area contributed by atoms with Crippen molar-refractivity contribution in [3.05, 3.63) is 40.2 Å². The van der Waals surface area contributed by atoms with Gasteiger partial charge in [-0.3, -0.25) is 4.79 Å². The first-order chi connectivity index (χ1) is 8.74. The Bertz CT molecular complexity index is 598. The summed E-state index contributed by atoms with van der Waals surface area (Å²) in [5, 5.41) is 0.637. The van der Waals surface area contributed by atoms with Gasteiger partial charge in [0.25, 0.3) is 0 Å². The molecule has 0 fully saturated rings. The Hall–Kier alpha value is -1.46. The van der Waals surface area contributed by atoms with Gasteiger partial charge in [0, 0.05) is 23.4 Å². The van der Waals surface area contributed by atoms with Crippen LogP contribution in [0.4, 0.5) is 0 Å². The van der Waals surface area contributed by atoms with E-state index >= 15 is 0 Å². The molecule has 1 aliphatic rings. The summed E-state index contributed by atoms with van der Waals surface area (Å²) in [5.74, 6) is 0.736. The molecule has 0 aliphatic carbocycles. The SMILES string of the molecule is O=C(Cc1cc(Cl)cc2c1OCC2)c1cnsn1. The predicted molar refractivity (Wildman–Crippen MR) is 68.6 cm³/mol.